The van der Waals surface area contributed by atoms with Gasteiger partial charge in [-0.3, -0.25) is 0 Å². The molecule has 0 radical (unpaired) electrons. The highest BCUT2D eigenvalue weighted by atomic mass is 127. The summed E-state index contributed by atoms with van der Waals surface area (Å²) >= 11 is 3.51. The number of nitrogens with one attached hydrogen (secondary N) is 1. The first-order valence-electron chi connectivity index (χ1n) is 8.06. The number of nitrogens with zero attached hydrogens (tertiary/aromatic N) is 6. The van der Waals surface area contributed by atoms with Crippen LogP contribution in [0.2, 0.25) is 0 Å². The number of ether oxygens (including phenoxy) is 1. The molecule has 0 atom stereocenters. The minimum atomic E-state index is 0. The molecule has 0 aliphatic rings. The molecule has 0 spiro atoms. The Balaban J connectivity index is 0.00000338. The van der Waals surface area contributed by atoms with Gasteiger partial charge in [-0.05, 0) is 28.9 Å². The first kappa shape index (κ1) is 22.9. The number of methoxy groups -OCH3 is 1. The van der Waals surface area contributed by atoms with E-state index in [1.807, 2.05) is 38.8 Å². The van der Waals surface area contributed by atoms with Gasteiger partial charge < -0.3 is 24.1 Å². The second-order valence-corrected chi connectivity index (χ2v) is 6.81. The average Bonchev–Trinajstić information content (AvgIpc) is 3.05. The molecule has 10 heteroatoms. The number of aliphatic imine (C=N–C) groups is 1. The molecule has 2 aromatic heterocycles. The van der Waals surface area contributed by atoms with E-state index in [0.717, 1.165) is 28.6 Å². The third-order valence-corrected chi connectivity index (χ3v) is 4.41. The second kappa shape index (κ2) is 10.9. The van der Waals surface area contributed by atoms with Crippen molar-refractivity contribution in [3.63, 3.8) is 0 Å². The lowest BCUT2D eigenvalue weighted by Gasteiger charge is -2.22. The number of hydrogen-bond acceptors (Lipinski definition) is 4. The Bertz CT molecular complexity index is 728. The molecule has 146 valence electrons. The predicted molar refractivity (Wildman–Crippen MR) is 117 cm³/mol. The smallest absolute Gasteiger partial charge is 0.194 e. The third-order valence-electron chi connectivity index (χ3n) is 3.98. The summed E-state index contributed by atoms with van der Waals surface area (Å²) in [6, 6.07) is 2.11. The van der Waals surface area contributed by atoms with Crippen LogP contribution in [0.3, 0.4) is 0 Å². The van der Waals surface area contributed by atoms with Crippen molar-refractivity contribution in [3.05, 3.63) is 34.1 Å². The first-order valence-corrected chi connectivity index (χ1v) is 8.85. The second-order valence-electron chi connectivity index (χ2n) is 5.90. The largest absolute Gasteiger partial charge is 0.383 e. The van der Waals surface area contributed by atoms with Crippen molar-refractivity contribution in [2.45, 2.75) is 20.0 Å². The molecule has 0 aliphatic carbocycles. The molecule has 0 saturated heterocycles. The van der Waals surface area contributed by atoms with Crippen LogP contribution in [0.15, 0.2) is 21.7 Å². The lowest BCUT2D eigenvalue weighted by molar-refractivity contribution is 0.202. The lowest BCUT2D eigenvalue weighted by Crippen LogP contribution is -2.40. The average molecular weight is 540 g/mol. The summed E-state index contributed by atoms with van der Waals surface area (Å²) in [6.45, 7) is 4.43. The Hall–Kier alpha value is -1.14. The van der Waals surface area contributed by atoms with Crippen molar-refractivity contribution in [1.29, 1.82) is 0 Å². The fourth-order valence-corrected chi connectivity index (χ4v) is 2.92. The summed E-state index contributed by atoms with van der Waals surface area (Å²) in [7, 11) is 7.68. The van der Waals surface area contributed by atoms with Crippen LogP contribution in [-0.2, 0) is 31.9 Å². The van der Waals surface area contributed by atoms with Gasteiger partial charge in [-0.15, -0.1) is 34.2 Å². The zero-order valence-electron chi connectivity index (χ0n) is 15.9. The number of guanidine groups is 1. The van der Waals surface area contributed by atoms with Gasteiger partial charge in [-0.25, -0.2) is 4.99 Å². The Morgan fingerprint density at radius 2 is 2.12 bits per heavy atom. The summed E-state index contributed by atoms with van der Waals surface area (Å²) < 4.78 is 10.2. The fraction of sp³-hybridized carbons (Fsp3) is 0.562. The highest BCUT2D eigenvalue weighted by Gasteiger charge is 2.11. The molecule has 0 unspecified atom stereocenters. The van der Waals surface area contributed by atoms with Gasteiger partial charge in [-0.2, -0.15) is 0 Å². The molecule has 1 N–H and O–H groups in total. The number of aryl methyl sites for hydroxylation is 2. The van der Waals surface area contributed by atoms with Gasteiger partial charge in [0.15, 0.2) is 11.8 Å². The van der Waals surface area contributed by atoms with E-state index < -0.39 is 0 Å². The maximum atomic E-state index is 5.13. The van der Waals surface area contributed by atoms with Crippen molar-refractivity contribution in [1.82, 2.24) is 29.5 Å². The molecular weight excluding hydrogens is 513 g/mol. The minimum absolute atomic E-state index is 0. The molecule has 2 aromatic rings. The standard InChI is InChI=1S/C16H26BrN7O.HI/c1-12-20-21-15(24(12)4)9-19-16(18-6-7-25-5)23(3)11-14-8-13(17)10-22(14)2;/h8,10H,6-7,9,11H2,1-5H3,(H,18,19);1H. The number of rotatable bonds is 7. The van der Waals surface area contributed by atoms with Crippen LogP contribution in [0.25, 0.3) is 0 Å². The molecule has 0 bridgehead atoms. The van der Waals surface area contributed by atoms with Gasteiger partial charge in [0.2, 0.25) is 0 Å². The van der Waals surface area contributed by atoms with E-state index >= 15 is 0 Å². The van der Waals surface area contributed by atoms with Gasteiger partial charge in [0, 0.05) is 51.2 Å². The molecule has 2 rings (SSSR count). The third kappa shape index (κ3) is 6.23. The summed E-state index contributed by atoms with van der Waals surface area (Å²) in [6.07, 6.45) is 2.04. The number of hydrogen-bond donors (Lipinski definition) is 1. The highest BCUT2D eigenvalue weighted by molar-refractivity contribution is 14.0. The van der Waals surface area contributed by atoms with Crippen LogP contribution >= 0.6 is 39.9 Å². The van der Waals surface area contributed by atoms with Crippen LogP contribution in [-0.4, -0.2) is 57.5 Å². The van der Waals surface area contributed by atoms with Gasteiger partial charge in [0.25, 0.3) is 0 Å². The Kier molecular flexibility index (Phi) is 9.58. The number of aromatic nitrogens is 4. The summed E-state index contributed by atoms with van der Waals surface area (Å²) in [5, 5.41) is 11.6. The van der Waals surface area contributed by atoms with Gasteiger partial charge in [0.05, 0.1) is 13.2 Å². The summed E-state index contributed by atoms with van der Waals surface area (Å²) in [5.41, 5.74) is 1.19. The maximum Gasteiger partial charge on any atom is 0.194 e. The van der Waals surface area contributed by atoms with E-state index in [4.69, 9.17) is 9.73 Å². The first-order chi connectivity index (χ1) is 11.9. The monoisotopic (exact) mass is 539 g/mol. The van der Waals surface area contributed by atoms with Crippen molar-refractivity contribution in [3.8, 4) is 0 Å². The number of halogens is 2. The zero-order chi connectivity index (χ0) is 18.4. The van der Waals surface area contributed by atoms with Crippen molar-refractivity contribution < 1.29 is 4.74 Å². The van der Waals surface area contributed by atoms with Gasteiger partial charge >= 0.3 is 0 Å². The highest BCUT2D eigenvalue weighted by Crippen LogP contribution is 2.15. The minimum Gasteiger partial charge on any atom is -0.383 e. The molecule has 0 aromatic carbocycles. The molecule has 0 aliphatic heterocycles. The molecule has 2 heterocycles. The van der Waals surface area contributed by atoms with Crippen LogP contribution in [0.1, 0.15) is 17.3 Å². The summed E-state index contributed by atoms with van der Waals surface area (Å²) in [4.78, 5) is 6.79. The molecule has 26 heavy (non-hydrogen) atoms. The van der Waals surface area contributed by atoms with Gasteiger partial charge in [0.1, 0.15) is 12.4 Å². The van der Waals surface area contributed by atoms with Gasteiger partial charge in [-0.1, -0.05) is 0 Å². The van der Waals surface area contributed by atoms with Crippen molar-refractivity contribution >= 4 is 45.9 Å². The molecular formula is C16H27BrIN7O. The van der Waals surface area contributed by atoms with E-state index in [2.05, 4.69) is 47.0 Å². The summed E-state index contributed by atoms with van der Waals surface area (Å²) in [5.74, 6) is 2.51. The Morgan fingerprint density at radius 1 is 1.38 bits per heavy atom. The molecule has 8 nitrogen and oxygen atoms in total. The van der Waals surface area contributed by atoms with E-state index in [9.17, 15) is 0 Å². The normalized spacial score (nSPS) is 11.4. The van der Waals surface area contributed by atoms with Crippen LogP contribution in [0, 0.1) is 6.92 Å². The van der Waals surface area contributed by atoms with E-state index in [-0.39, 0.29) is 24.0 Å². The van der Waals surface area contributed by atoms with E-state index in [1.165, 1.54) is 5.69 Å². The molecule has 0 amide bonds. The topological polar surface area (TPSA) is 72.5 Å². The van der Waals surface area contributed by atoms with Crippen molar-refractivity contribution in [2.75, 3.05) is 27.3 Å². The van der Waals surface area contributed by atoms with Crippen molar-refractivity contribution in [2.24, 2.45) is 19.1 Å². The lowest BCUT2D eigenvalue weighted by atomic mass is 10.4. The van der Waals surface area contributed by atoms with E-state index in [0.29, 0.717) is 19.7 Å². The predicted octanol–water partition coefficient (Wildman–Crippen LogP) is 2.07. The Morgan fingerprint density at radius 3 is 2.65 bits per heavy atom. The van der Waals surface area contributed by atoms with Crippen LogP contribution < -0.4 is 5.32 Å². The van der Waals surface area contributed by atoms with Crippen LogP contribution in [0.5, 0.6) is 0 Å². The quantitative estimate of drug-likeness (QED) is 0.252. The fourth-order valence-electron chi connectivity index (χ4n) is 2.35. The zero-order valence-corrected chi connectivity index (χ0v) is 19.8. The SMILES string of the molecule is COCCNC(=NCc1nnc(C)n1C)N(C)Cc1cc(Br)cn1C.I. The maximum absolute atomic E-state index is 5.13. The Labute approximate surface area is 180 Å². The van der Waals surface area contributed by atoms with Crippen LogP contribution in [0.4, 0.5) is 0 Å². The van der Waals surface area contributed by atoms with E-state index in [1.54, 1.807) is 7.11 Å². The molecule has 0 fully saturated rings. The molecule has 0 saturated carbocycles.